The predicted molar refractivity (Wildman–Crippen MR) is 148 cm³/mol. The molecule has 0 spiro atoms. The average Bonchev–Trinajstić information content (AvgIpc) is 2.85. The molecular formula is C32H50N2O. The van der Waals surface area contributed by atoms with Crippen molar-refractivity contribution in [3.05, 3.63) is 35.4 Å². The Kier molecular flexibility index (Phi) is 11.8. The molecule has 2 fully saturated rings. The zero-order valence-corrected chi connectivity index (χ0v) is 23.0. The van der Waals surface area contributed by atoms with Gasteiger partial charge in [0.1, 0.15) is 5.78 Å². The number of hydrogen-bond donors (Lipinski definition) is 0. The molecule has 3 heteroatoms. The summed E-state index contributed by atoms with van der Waals surface area (Å²) in [6.07, 6.45) is 11.6. The highest BCUT2D eigenvalue weighted by Gasteiger charge is 2.30. The molecule has 1 aliphatic carbocycles. The normalized spacial score (nSPS) is 21.8. The molecule has 35 heavy (non-hydrogen) atoms. The van der Waals surface area contributed by atoms with Gasteiger partial charge < -0.3 is 4.90 Å². The molecule has 194 valence electrons. The van der Waals surface area contributed by atoms with E-state index in [0.29, 0.717) is 18.4 Å². The lowest BCUT2D eigenvalue weighted by molar-refractivity contribution is -0.126. The van der Waals surface area contributed by atoms with E-state index in [1.165, 1.54) is 63.7 Å². The van der Waals surface area contributed by atoms with Gasteiger partial charge in [-0.25, -0.2) is 0 Å². The number of Topliss-reactive ketones (excluding diaryl/α,β-unsaturated/α-hetero) is 1. The molecule has 2 aliphatic rings. The van der Waals surface area contributed by atoms with Gasteiger partial charge in [0, 0.05) is 30.5 Å². The minimum atomic E-state index is 0.279. The summed E-state index contributed by atoms with van der Waals surface area (Å²) in [5, 5.41) is 0. The SMILES string of the molecule is CCCC#Cc1ccc(CN(CC(=O)C2CCC(C)CC2)C2CCN(CCCC(C)C)CC2)cc1. The second kappa shape index (κ2) is 14.8. The fourth-order valence-electron chi connectivity index (χ4n) is 5.67. The first-order chi connectivity index (χ1) is 16.9. The number of likely N-dealkylation sites (tertiary alicyclic amines) is 1. The van der Waals surface area contributed by atoms with E-state index in [-0.39, 0.29) is 5.92 Å². The van der Waals surface area contributed by atoms with E-state index in [0.717, 1.165) is 49.6 Å². The van der Waals surface area contributed by atoms with Crippen LogP contribution in [0, 0.1) is 29.6 Å². The van der Waals surface area contributed by atoms with E-state index in [1.807, 2.05) is 0 Å². The lowest BCUT2D eigenvalue weighted by Crippen LogP contribution is -2.47. The Morgan fingerprint density at radius 2 is 1.74 bits per heavy atom. The fraction of sp³-hybridized carbons (Fsp3) is 0.719. The Labute approximate surface area is 216 Å². The molecule has 0 radical (unpaired) electrons. The second-order valence-electron chi connectivity index (χ2n) is 11.7. The van der Waals surface area contributed by atoms with Crippen molar-refractivity contribution in [1.29, 1.82) is 0 Å². The Morgan fingerprint density at radius 3 is 2.37 bits per heavy atom. The van der Waals surface area contributed by atoms with E-state index in [2.05, 4.69) is 73.6 Å². The number of nitrogens with zero attached hydrogens (tertiary/aromatic N) is 2. The minimum absolute atomic E-state index is 0.279. The highest BCUT2D eigenvalue weighted by atomic mass is 16.1. The lowest BCUT2D eigenvalue weighted by atomic mass is 9.80. The first kappa shape index (κ1) is 27.9. The molecule has 1 aromatic carbocycles. The van der Waals surface area contributed by atoms with Crippen molar-refractivity contribution < 1.29 is 4.79 Å². The Balaban J connectivity index is 1.61. The molecule has 1 aromatic rings. The van der Waals surface area contributed by atoms with E-state index in [9.17, 15) is 4.79 Å². The smallest absolute Gasteiger partial charge is 0.149 e. The summed E-state index contributed by atoms with van der Waals surface area (Å²) >= 11 is 0. The van der Waals surface area contributed by atoms with Crippen LogP contribution >= 0.6 is 0 Å². The molecular weight excluding hydrogens is 428 g/mol. The molecule has 0 aromatic heterocycles. The fourth-order valence-corrected chi connectivity index (χ4v) is 5.67. The molecule has 1 saturated heterocycles. The zero-order chi connectivity index (χ0) is 25.0. The quantitative estimate of drug-likeness (QED) is 0.322. The van der Waals surface area contributed by atoms with Gasteiger partial charge >= 0.3 is 0 Å². The number of carbonyl (C=O) groups is 1. The van der Waals surface area contributed by atoms with Crippen LogP contribution in [0.2, 0.25) is 0 Å². The molecule has 3 nitrogen and oxygen atoms in total. The lowest BCUT2D eigenvalue weighted by Gasteiger charge is -2.39. The van der Waals surface area contributed by atoms with Crippen LogP contribution in [-0.2, 0) is 11.3 Å². The van der Waals surface area contributed by atoms with Crippen LogP contribution in [0.15, 0.2) is 24.3 Å². The van der Waals surface area contributed by atoms with Crippen molar-refractivity contribution >= 4 is 5.78 Å². The summed E-state index contributed by atoms with van der Waals surface area (Å²) in [6.45, 7) is 14.2. The van der Waals surface area contributed by atoms with Crippen LogP contribution in [0.25, 0.3) is 0 Å². The van der Waals surface area contributed by atoms with Crippen LogP contribution in [0.5, 0.6) is 0 Å². The van der Waals surface area contributed by atoms with Gasteiger partial charge in [0.2, 0.25) is 0 Å². The second-order valence-corrected chi connectivity index (χ2v) is 11.7. The van der Waals surface area contributed by atoms with Crippen molar-refractivity contribution in [2.45, 2.75) is 104 Å². The largest absolute Gasteiger partial charge is 0.303 e. The van der Waals surface area contributed by atoms with Crippen molar-refractivity contribution in [1.82, 2.24) is 9.80 Å². The Bertz CT molecular complexity index is 802. The van der Waals surface area contributed by atoms with E-state index in [4.69, 9.17) is 0 Å². The number of carbonyl (C=O) groups excluding carboxylic acids is 1. The third-order valence-electron chi connectivity index (χ3n) is 8.11. The maximum atomic E-state index is 13.3. The first-order valence-corrected chi connectivity index (χ1v) is 14.5. The monoisotopic (exact) mass is 478 g/mol. The topological polar surface area (TPSA) is 23.6 Å². The molecule has 3 rings (SSSR count). The summed E-state index contributed by atoms with van der Waals surface area (Å²) in [5.74, 6) is 8.86. The number of unbranched alkanes of at least 4 members (excludes halogenated alkanes) is 1. The first-order valence-electron chi connectivity index (χ1n) is 14.5. The van der Waals surface area contributed by atoms with Crippen LogP contribution < -0.4 is 0 Å². The van der Waals surface area contributed by atoms with Gasteiger partial charge in [-0.05, 0) is 94.1 Å². The van der Waals surface area contributed by atoms with Gasteiger partial charge in [-0.1, -0.05) is 64.5 Å². The number of piperidine rings is 1. The summed E-state index contributed by atoms with van der Waals surface area (Å²) in [6, 6.07) is 9.25. The van der Waals surface area contributed by atoms with Crippen LogP contribution in [0.3, 0.4) is 0 Å². The number of benzene rings is 1. The van der Waals surface area contributed by atoms with Crippen molar-refractivity contribution in [2.24, 2.45) is 17.8 Å². The molecule has 1 heterocycles. The molecule has 0 bridgehead atoms. The summed E-state index contributed by atoms with van der Waals surface area (Å²) in [5.41, 5.74) is 2.39. The standard InChI is InChI=1S/C32H50N2O/c1-5-6-7-10-28-13-15-29(16-14-28)24-34(25-32(35)30-17-11-27(4)12-18-30)31-19-22-33(23-20-31)21-8-9-26(2)3/h13-16,26-27,30-31H,5-6,8-9,11-12,17-25H2,1-4H3. The van der Waals surface area contributed by atoms with Gasteiger partial charge in [-0.3, -0.25) is 9.69 Å². The van der Waals surface area contributed by atoms with Crippen molar-refractivity contribution in [2.75, 3.05) is 26.2 Å². The van der Waals surface area contributed by atoms with E-state index < -0.39 is 0 Å². The Morgan fingerprint density at radius 1 is 1.06 bits per heavy atom. The molecule has 1 saturated carbocycles. The van der Waals surface area contributed by atoms with Crippen molar-refractivity contribution in [3.8, 4) is 11.8 Å². The van der Waals surface area contributed by atoms with Crippen LogP contribution in [0.4, 0.5) is 0 Å². The highest BCUT2D eigenvalue weighted by molar-refractivity contribution is 5.83. The van der Waals surface area contributed by atoms with Gasteiger partial charge in [0.15, 0.2) is 0 Å². The molecule has 1 aliphatic heterocycles. The maximum Gasteiger partial charge on any atom is 0.149 e. The molecule has 0 unspecified atom stereocenters. The van der Waals surface area contributed by atoms with Gasteiger partial charge in [0.05, 0.1) is 6.54 Å². The predicted octanol–water partition coefficient (Wildman–Crippen LogP) is 6.94. The molecule has 0 atom stereocenters. The van der Waals surface area contributed by atoms with Gasteiger partial charge in [0.25, 0.3) is 0 Å². The third kappa shape index (κ3) is 9.74. The minimum Gasteiger partial charge on any atom is -0.303 e. The zero-order valence-electron chi connectivity index (χ0n) is 23.0. The number of rotatable bonds is 11. The summed E-state index contributed by atoms with van der Waals surface area (Å²) in [7, 11) is 0. The Hall–Kier alpha value is -1.63. The molecule has 0 amide bonds. The highest BCUT2D eigenvalue weighted by Crippen LogP contribution is 2.30. The van der Waals surface area contributed by atoms with Gasteiger partial charge in [-0.15, -0.1) is 0 Å². The van der Waals surface area contributed by atoms with Crippen LogP contribution in [-0.4, -0.2) is 47.8 Å². The third-order valence-corrected chi connectivity index (χ3v) is 8.11. The van der Waals surface area contributed by atoms with Gasteiger partial charge in [-0.2, -0.15) is 0 Å². The van der Waals surface area contributed by atoms with E-state index >= 15 is 0 Å². The summed E-state index contributed by atoms with van der Waals surface area (Å²) < 4.78 is 0. The average molecular weight is 479 g/mol. The molecule has 0 N–H and O–H groups in total. The number of ketones is 1. The van der Waals surface area contributed by atoms with E-state index in [1.54, 1.807) is 0 Å². The van der Waals surface area contributed by atoms with Crippen molar-refractivity contribution in [3.63, 3.8) is 0 Å². The summed E-state index contributed by atoms with van der Waals surface area (Å²) in [4.78, 5) is 18.5. The number of hydrogen-bond acceptors (Lipinski definition) is 3. The maximum absolute atomic E-state index is 13.3. The van der Waals surface area contributed by atoms with Crippen LogP contribution in [0.1, 0.15) is 103 Å².